The minimum Gasteiger partial charge on any atom is -0.296 e. The number of allylic oxidation sites excluding steroid dienone is 1. The van der Waals surface area contributed by atoms with E-state index in [-0.39, 0.29) is 0 Å². The molecule has 0 aliphatic rings. The molecule has 2 rings (SSSR count). The molecule has 0 N–H and O–H groups in total. The summed E-state index contributed by atoms with van der Waals surface area (Å²) in [6.45, 7) is 4.02. The molecule has 0 aliphatic carbocycles. The van der Waals surface area contributed by atoms with Crippen molar-refractivity contribution in [2.75, 3.05) is 0 Å². The van der Waals surface area contributed by atoms with Crippen LogP contribution in [0.1, 0.15) is 0 Å². The van der Waals surface area contributed by atoms with E-state index in [1.165, 1.54) is 4.57 Å². The molecular formula is C10H9FN2. The average Bonchev–Trinajstić information content (AvgIpc) is 2.44. The molecule has 0 spiro atoms. The molecule has 66 valence electrons. The topological polar surface area (TPSA) is 17.8 Å². The van der Waals surface area contributed by atoms with Crippen molar-refractivity contribution in [3.8, 4) is 0 Å². The molecule has 0 saturated carbocycles. The number of aromatic nitrogens is 2. The van der Waals surface area contributed by atoms with Gasteiger partial charge in [-0.05, 0) is 12.1 Å². The lowest BCUT2D eigenvalue weighted by Gasteiger charge is -1.98. The number of nitrogens with zero attached hydrogens (tertiary/aromatic N) is 2. The first-order valence-electron chi connectivity index (χ1n) is 4.04. The van der Waals surface area contributed by atoms with Crippen molar-refractivity contribution in [1.82, 2.24) is 9.55 Å². The fourth-order valence-electron chi connectivity index (χ4n) is 1.35. The first kappa shape index (κ1) is 7.98. The van der Waals surface area contributed by atoms with Gasteiger partial charge in [0.1, 0.15) is 0 Å². The minimum absolute atomic E-state index is 0.451. The molecule has 1 aromatic heterocycles. The Hall–Kier alpha value is -1.64. The number of hydrogen-bond acceptors (Lipinski definition) is 1. The number of rotatable bonds is 2. The Labute approximate surface area is 75.3 Å². The summed E-state index contributed by atoms with van der Waals surface area (Å²) in [6, 6.07) is 7.34. The Morgan fingerprint density at radius 2 is 2.23 bits per heavy atom. The summed E-state index contributed by atoms with van der Waals surface area (Å²) in [4.78, 5) is 3.78. The smallest absolute Gasteiger partial charge is 0.290 e. The second kappa shape index (κ2) is 3.01. The second-order valence-electron chi connectivity index (χ2n) is 2.77. The van der Waals surface area contributed by atoms with Crippen molar-refractivity contribution in [2.24, 2.45) is 0 Å². The van der Waals surface area contributed by atoms with E-state index >= 15 is 0 Å². The normalized spacial score (nSPS) is 10.5. The molecule has 1 aromatic carbocycles. The number of fused-ring (bicyclic) bond motifs is 1. The van der Waals surface area contributed by atoms with Gasteiger partial charge in [0.2, 0.25) is 0 Å². The van der Waals surface area contributed by atoms with Gasteiger partial charge in [-0.3, -0.25) is 4.57 Å². The van der Waals surface area contributed by atoms with E-state index in [1.807, 2.05) is 18.2 Å². The summed E-state index contributed by atoms with van der Waals surface area (Å²) in [7, 11) is 0. The third kappa shape index (κ3) is 1.22. The maximum atomic E-state index is 13.2. The molecule has 0 aliphatic heterocycles. The summed E-state index contributed by atoms with van der Waals surface area (Å²) in [5.74, 6) is 0. The molecule has 0 amide bonds. The first-order chi connectivity index (χ1) is 6.33. The summed E-state index contributed by atoms with van der Waals surface area (Å²) in [5.41, 5.74) is 1.49. The summed E-state index contributed by atoms with van der Waals surface area (Å²) in [5, 5.41) is 0. The lowest BCUT2D eigenvalue weighted by atomic mass is 10.3. The predicted molar refractivity (Wildman–Crippen MR) is 49.9 cm³/mol. The third-order valence-corrected chi connectivity index (χ3v) is 1.92. The molecule has 3 heteroatoms. The molecule has 2 nitrogen and oxygen atoms in total. The van der Waals surface area contributed by atoms with Crippen molar-refractivity contribution in [3.05, 3.63) is 43.0 Å². The van der Waals surface area contributed by atoms with Crippen LogP contribution in [0.15, 0.2) is 36.9 Å². The van der Waals surface area contributed by atoms with Gasteiger partial charge in [-0.1, -0.05) is 18.2 Å². The molecule has 0 atom stereocenters. The SMILES string of the molecule is C=CCn1c(F)nc2ccccc21. The standard InChI is InChI=1S/C10H9FN2/c1-2-7-13-9-6-4-3-5-8(9)12-10(13)11/h2-6H,1,7H2. The maximum Gasteiger partial charge on any atom is 0.290 e. The van der Waals surface area contributed by atoms with E-state index in [0.29, 0.717) is 12.1 Å². The molecular weight excluding hydrogens is 167 g/mol. The summed E-state index contributed by atoms with van der Waals surface area (Å²) < 4.78 is 14.7. The quantitative estimate of drug-likeness (QED) is 0.642. The molecule has 1 heterocycles. The highest BCUT2D eigenvalue weighted by Gasteiger charge is 2.06. The number of imidazole rings is 1. The highest BCUT2D eigenvalue weighted by atomic mass is 19.1. The average molecular weight is 176 g/mol. The summed E-state index contributed by atoms with van der Waals surface area (Å²) in [6.07, 6.45) is 1.19. The highest BCUT2D eigenvalue weighted by Crippen LogP contribution is 2.14. The van der Waals surface area contributed by atoms with Crippen molar-refractivity contribution < 1.29 is 4.39 Å². The van der Waals surface area contributed by atoms with Gasteiger partial charge >= 0.3 is 0 Å². The molecule has 2 aromatic rings. The Kier molecular flexibility index (Phi) is 1.85. The van der Waals surface area contributed by atoms with Crippen LogP contribution in [0, 0.1) is 6.08 Å². The lowest BCUT2D eigenvalue weighted by molar-refractivity contribution is 0.495. The van der Waals surface area contributed by atoms with Crippen molar-refractivity contribution in [1.29, 1.82) is 0 Å². The first-order valence-corrected chi connectivity index (χ1v) is 4.04. The van der Waals surface area contributed by atoms with Gasteiger partial charge in [0.25, 0.3) is 6.08 Å². The van der Waals surface area contributed by atoms with Crippen LogP contribution < -0.4 is 0 Å². The number of hydrogen-bond donors (Lipinski definition) is 0. The van der Waals surface area contributed by atoms with E-state index in [0.717, 1.165) is 5.52 Å². The zero-order valence-electron chi connectivity index (χ0n) is 7.07. The Bertz CT molecular complexity index is 445. The van der Waals surface area contributed by atoms with Gasteiger partial charge in [0, 0.05) is 6.54 Å². The van der Waals surface area contributed by atoms with Crippen molar-refractivity contribution >= 4 is 11.0 Å². The van der Waals surface area contributed by atoms with Gasteiger partial charge in [-0.15, -0.1) is 6.58 Å². The van der Waals surface area contributed by atoms with Crippen LogP contribution in [-0.4, -0.2) is 9.55 Å². The van der Waals surface area contributed by atoms with Crippen LogP contribution in [-0.2, 0) is 6.54 Å². The van der Waals surface area contributed by atoms with Crippen LogP contribution in [0.5, 0.6) is 0 Å². The van der Waals surface area contributed by atoms with E-state index in [1.54, 1.807) is 12.1 Å². The number of benzene rings is 1. The third-order valence-electron chi connectivity index (χ3n) is 1.92. The molecule has 13 heavy (non-hydrogen) atoms. The maximum absolute atomic E-state index is 13.2. The summed E-state index contributed by atoms with van der Waals surface area (Å²) >= 11 is 0. The monoisotopic (exact) mass is 176 g/mol. The zero-order chi connectivity index (χ0) is 9.26. The second-order valence-corrected chi connectivity index (χ2v) is 2.77. The van der Waals surface area contributed by atoms with E-state index < -0.39 is 6.08 Å². The van der Waals surface area contributed by atoms with Crippen LogP contribution >= 0.6 is 0 Å². The molecule has 0 saturated heterocycles. The van der Waals surface area contributed by atoms with Crippen molar-refractivity contribution in [2.45, 2.75) is 6.54 Å². The molecule has 0 bridgehead atoms. The Morgan fingerprint density at radius 1 is 1.46 bits per heavy atom. The van der Waals surface area contributed by atoms with E-state index in [4.69, 9.17) is 0 Å². The lowest BCUT2D eigenvalue weighted by Crippen LogP contribution is -1.97. The van der Waals surface area contributed by atoms with E-state index in [2.05, 4.69) is 11.6 Å². The van der Waals surface area contributed by atoms with Gasteiger partial charge in [0.15, 0.2) is 0 Å². The Balaban J connectivity index is 2.70. The van der Waals surface area contributed by atoms with Gasteiger partial charge in [-0.25, -0.2) is 4.98 Å². The van der Waals surface area contributed by atoms with E-state index in [9.17, 15) is 4.39 Å². The fourth-order valence-corrected chi connectivity index (χ4v) is 1.35. The van der Waals surface area contributed by atoms with Crippen LogP contribution in [0.4, 0.5) is 4.39 Å². The molecule has 0 fully saturated rings. The van der Waals surface area contributed by atoms with Crippen LogP contribution in [0.3, 0.4) is 0 Å². The van der Waals surface area contributed by atoms with Crippen LogP contribution in [0.2, 0.25) is 0 Å². The minimum atomic E-state index is -0.457. The predicted octanol–water partition coefficient (Wildman–Crippen LogP) is 2.36. The number of para-hydroxylation sites is 2. The largest absolute Gasteiger partial charge is 0.296 e. The van der Waals surface area contributed by atoms with Crippen molar-refractivity contribution in [3.63, 3.8) is 0 Å². The fraction of sp³-hybridized carbons (Fsp3) is 0.100. The van der Waals surface area contributed by atoms with Gasteiger partial charge in [0.05, 0.1) is 11.0 Å². The molecule has 0 radical (unpaired) electrons. The molecule has 0 unspecified atom stereocenters. The van der Waals surface area contributed by atoms with Gasteiger partial charge < -0.3 is 0 Å². The van der Waals surface area contributed by atoms with Crippen LogP contribution in [0.25, 0.3) is 11.0 Å². The number of halogens is 1. The zero-order valence-corrected chi connectivity index (χ0v) is 7.07. The van der Waals surface area contributed by atoms with Gasteiger partial charge in [-0.2, -0.15) is 4.39 Å². The highest BCUT2D eigenvalue weighted by molar-refractivity contribution is 5.75. The Morgan fingerprint density at radius 3 is 3.00 bits per heavy atom.